The second-order valence-electron chi connectivity index (χ2n) is 3.33. The highest BCUT2D eigenvalue weighted by atomic mass is 79.9. The van der Waals surface area contributed by atoms with Gasteiger partial charge in [-0.1, -0.05) is 40.2 Å². The molecule has 0 amide bonds. The van der Waals surface area contributed by atoms with Gasteiger partial charge in [0.2, 0.25) is 0 Å². The van der Waals surface area contributed by atoms with Crippen molar-refractivity contribution in [2.45, 2.75) is 6.54 Å². The number of fused-ring (bicyclic) bond motifs is 1. The SMILES string of the molecule is CNCc1ccc2c(Br)cccc2c1. The van der Waals surface area contributed by atoms with Gasteiger partial charge in [-0.25, -0.2) is 0 Å². The molecule has 2 aromatic carbocycles. The normalized spacial score (nSPS) is 10.7. The predicted octanol–water partition coefficient (Wildman–Crippen LogP) is 3.32. The van der Waals surface area contributed by atoms with Crippen molar-refractivity contribution in [1.82, 2.24) is 5.32 Å². The molecule has 0 heterocycles. The lowest BCUT2D eigenvalue weighted by molar-refractivity contribution is 0.819. The summed E-state index contributed by atoms with van der Waals surface area (Å²) < 4.78 is 1.16. The molecule has 2 heteroatoms. The first-order chi connectivity index (χ1) is 6.81. The smallest absolute Gasteiger partial charge is 0.0253 e. The molecule has 0 aliphatic heterocycles. The molecule has 0 spiro atoms. The molecule has 0 aliphatic rings. The van der Waals surface area contributed by atoms with Gasteiger partial charge in [-0.15, -0.1) is 0 Å². The molecule has 1 N–H and O–H groups in total. The molecule has 0 saturated carbocycles. The van der Waals surface area contributed by atoms with E-state index < -0.39 is 0 Å². The number of nitrogens with one attached hydrogen (secondary N) is 1. The molecule has 2 aromatic rings. The summed E-state index contributed by atoms with van der Waals surface area (Å²) in [4.78, 5) is 0. The van der Waals surface area contributed by atoms with Crippen LogP contribution < -0.4 is 5.32 Å². The molecule has 0 fully saturated rings. The van der Waals surface area contributed by atoms with E-state index in [4.69, 9.17) is 0 Å². The third-order valence-corrected chi connectivity index (χ3v) is 2.96. The summed E-state index contributed by atoms with van der Waals surface area (Å²) in [6, 6.07) is 12.8. The third kappa shape index (κ3) is 1.81. The second kappa shape index (κ2) is 4.11. The molecule has 2 rings (SSSR count). The number of hydrogen-bond acceptors (Lipinski definition) is 1. The zero-order chi connectivity index (χ0) is 9.97. The van der Waals surface area contributed by atoms with Crippen molar-refractivity contribution in [3.8, 4) is 0 Å². The van der Waals surface area contributed by atoms with Crippen LogP contribution in [0.15, 0.2) is 40.9 Å². The first-order valence-electron chi connectivity index (χ1n) is 4.63. The molecule has 0 radical (unpaired) electrons. The molecule has 0 atom stereocenters. The largest absolute Gasteiger partial charge is 0.316 e. The number of hydrogen-bond donors (Lipinski definition) is 1. The van der Waals surface area contributed by atoms with Crippen LogP contribution in [0.4, 0.5) is 0 Å². The fourth-order valence-corrected chi connectivity index (χ4v) is 2.12. The molecule has 0 unspecified atom stereocenters. The van der Waals surface area contributed by atoms with Crippen LogP contribution in [0.25, 0.3) is 10.8 Å². The number of benzene rings is 2. The summed E-state index contributed by atoms with van der Waals surface area (Å²) in [7, 11) is 1.96. The van der Waals surface area contributed by atoms with E-state index in [1.54, 1.807) is 0 Å². The lowest BCUT2D eigenvalue weighted by Gasteiger charge is -2.04. The highest BCUT2D eigenvalue weighted by Gasteiger charge is 1.98. The van der Waals surface area contributed by atoms with E-state index in [-0.39, 0.29) is 0 Å². The average Bonchev–Trinajstić information content (AvgIpc) is 2.18. The van der Waals surface area contributed by atoms with Gasteiger partial charge in [-0.2, -0.15) is 0 Å². The molecular weight excluding hydrogens is 238 g/mol. The van der Waals surface area contributed by atoms with Crippen molar-refractivity contribution in [1.29, 1.82) is 0 Å². The maximum Gasteiger partial charge on any atom is 0.0253 e. The van der Waals surface area contributed by atoms with Gasteiger partial charge in [0.05, 0.1) is 0 Å². The Morgan fingerprint density at radius 2 is 2.07 bits per heavy atom. The number of halogens is 1. The standard InChI is InChI=1S/C12H12BrN/c1-14-8-9-5-6-11-10(7-9)3-2-4-12(11)13/h2-7,14H,8H2,1H3. The van der Waals surface area contributed by atoms with Gasteiger partial charge in [-0.3, -0.25) is 0 Å². The maximum atomic E-state index is 3.54. The van der Waals surface area contributed by atoms with Crippen molar-refractivity contribution in [2.24, 2.45) is 0 Å². The van der Waals surface area contributed by atoms with Crippen LogP contribution in [-0.4, -0.2) is 7.05 Å². The first-order valence-corrected chi connectivity index (χ1v) is 5.42. The summed E-state index contributed by atoms with van der Waals surface area (Å²) in [5, 5.41) is 5.71. The van der Waals surface area contributed by atoms with Crippen molar-refractivity contribution in [3.05, 3.63) is 46.4 Å². The second-order valence-corrected chi connectivity index (χ2v) is 4.18. The molecular formula is C12H12BrN. The van der Waals surface area contributed by atoms with E-state index in [1.807, 2.05) is 7.05 Å². The molecule has 0 aromatic heterocycles. The summed E-state index contributed by atoms with van der Waals surface area (Å²) in [6.07, 6.45) is 0. The fourth-order valence-electron chi connectivity index (χ4n) is 1.61. The highest BCUT2D eigenvalue weighted by Crippen LogP contribution is 2.24. The Bertz CT molecular complexity index is 451. The maximum absolute atomic E-state index is 3.54. The van der Waals surface area contributed by atoms with Crippen molar-refractivity contribution >= 4 is 26.7 Å². The minimum atomic E-state index is 0.919. The van der Waals surface area contributed by atoms with Gasteiger partial charge in [0, 0.05) is 11.0 Å². The topological polar surface area (TPSA) is 12.0 Å². The molecule has 72 valence electrons. The Morgan fingerprint density at radius 3 is 2.86 bits per heavy atom. The fraction of sp³-hybridized carbons (Fsp3) is 0.167. The van der Waals surface area contributed by atoms with Crippen molar-refractivity contribution < 1.29 is 0 Å². The van der Waals surface area contributed by atoms with Crippen molar-refractivity contribution in [3.63, 3.8) is 0 Å². The van der Waals surface area contributed by atoms with Gasteiger partial charge < -0.3 is 5.32 Å². The molecule has 0 saturated heterocycles. The van der Waals surface area contributed by atoms with Crippen LogP contribution in [0.1, 0.15) is 5.56 Å². The molecule has 1 nitrogen and oxygen atoms in total. The lowest BCUT2D eigenvalue weighted by atomic mass is 10.1. The van der Waals surface area contributed by atoms with Crippen LogP contribution in [0.2, 0.25) is 0 Å². The van der Waals surface area contributed by atoms with Gasteiger partial charge in [-0.05, 0) is 35.5 Å². The first kappa shape index (κ1) is 9.69. The Balaban J connectivity index is 2.56. The zero-order valence-electron chi connectivity index (χ0n) is 8.05. The van der Waals surface area contributed by atoms with Crippen LogP contribution >= 0.6 is 15.9 Å². The lowest BCUT2D eigenvalue weighted by Crippen LogP contribution is -2.04. The Hall–Kier alpha value is -0.860. The molecule has 14 heavy (non-hydrogen) atoms. The Morgan fingerprint density at radius 1 is 1.21 bits per heavy atom. The van der Waals surface area contributed by atoms with E-state index in [9.17, 15) is 0 Å². The van der Waals surface area contributed by atoms with Gasteiger partial charge >= 0.3 is 0 Å². The van der Waals surface area contributed by atoms with E-state index in [0.29, 0.717) is 0 Å². The van der Waals surface area contributed by atoms with E-state index in [2.05, 4.69) is 57.6 Å². The van der Waals surface area contributed by atoms with E-state index in [0.717, 1.165) is 11.0 Å². The minimum absolute atomic E-state index is 0.919. The van der Waals surface area contributed by atoms with Crippen molar-refractivity contribution in [2.75, 3.05) is 7.05 Å². The third-order valence-electron chi connectivity index (χ3n) is 2.27. The van der Waals surface area contributed by atoms with Gasteiger partial charge in [0.25, 0.3) is 0 Å². The van der Waals surface area contributed by atoms with Gasteiger partial charge in [0.15, 0.2) is 0 Å². The van der Waals surface area contributed by atoms with Crippen LogP contribution in [-0.2, 0) is 6.54 Å². The summed E-state index contributed by atoms with van der Waals surface area (Å²) in [6.45, 7) is 0.919. The highest BCUT2D eigenvalue weighted by molar-refractivity contribution is 9.10. The summed E-state index contributed by atoms with van der Waals surface area (Å²) >= 11 is 3.54. The Kier molecular flexibility index (Phi) is 2.85. The average molecular weight is 250 g/mol. The Labute approximate surface area is 92.3 Å². The van der Waals surface area contributed by atoms with Crippen LogP contribution in [0.5, 0.6) is 0 Å². The predicted molar refractivity (Wildman–Crippen MR) is 64.4 cm³/mol. The summed E-state index contributed by atoms with van der Waals surface area (Å²) in [5.74, 6) is 0. The molecule has 0 bridgehead atoms. The van der Waals surface area contributed by atoms with Crippen LogP contribution in [0, 0.1) is 0 Å². The molecule has 0 aliphatic carbocycles. The van der Waals surface area contributed by atoms with Crippen LogP contribution in [0.3, 0.4) is 0 Å². The zero-order valence-corrected chi connectivity index (χ0v) is 9.64. The minimum Gasteiger partial charge on any atom is -0.316 e. The number of rotatable bonds is 2. The van der Waals surface area contributed by atoms with Gasteiger partial charge in [0.1, 0.15) is 0 Å². The summed E-state index contributed by atoms with van der Waals surface area (Å²) in [5.41, 5.74) is 1.32. The monoisotopic (exact) mass is 249 g/mol. The van der Waals surface area contributed by atoms with E-state index >= 15 is 0 Å². The van der Waals surface area contributed by atoms with E-state index in [1.165, 1.54) is 16.3 Å². The quantitative estimate of drug-likeness (QED) is 0.862.